The van der Waals surface area contributed by atoms with Gasteiger partial charge in [-0.05, 0) is 39.2 Å². The largest absolute Gasteiger partial charge is 0.346 e. The van der Waals surface area contributed by atoms with Crippen molar-refractivity contribution in [2.24, 2.45) is 5.92 Å². The minimum absolute atomic E-state index is 0.707. The first-order chi connectivity index (χ1) is 7.74. The van der Waals surface area contributed by atoms with Crippen LogP contribution in [-0.2, 0) is 0 Å². The molecule has 16 heavy (non-hydrogen) atoms. The summed E-state index contributed by atoms with van der Waals surface area (Å²) in [7, 11) is 0. The van der Waals surface area contributed by atoms with Gasteiger partial charge in [-0.3, -0.25) is 0 Å². The van der Waals surface area contributed by atoms with Crippen LogP contribution in [0.2, 0.25) is 0 Å². The molecule has 0 aliphatic carbocycles. The number of aromatic nitrogens is 1. The van der Waals surface area contributed by atoms with Gasteiger partial charge in [-0.2, -0.15) is 0 Å². The van der Waals surface area contributed by atoms with Crippen LogP contribution < -0.4 is 10.2 Å². The molecule has 0 radical (unpaired) electrons. The first-order valence-corrected chi connectivity index (χ1v) is 6.98. The zero-order valence-corrected chi connectivity index (χ0v) is 10.8. The van der Waals surface area contributed by atoms with Gasteiger partial charge in [-0.1, -0.05) is 0 Å². The van der Waals surface area contributed by atoms with Crippen molar-refractivity contribution in [2.45, 2.75) is 32.7 Å². The number of rotatable bonds is 1. The van der Waals surface area contributed by atoms with E-state index in [-0.39, 0.29) is 0 Å². The smallest absolute Gasteiger partial charge is 0.185 e. The first kappa shape index (κ1) is 10.5. The van der Waals surface area contributed by atoms with Gasteiger partial charge in [0.25, 0.3) is 0 Å². The molecule has 1 aromatic heterocycles. The number of aryl methyl sites for hydroxylation is 2. The molecule has 1 N–H and O–H groups in total. The predicted molar refractivity (Wildman–Crippen MR) is 68.3 cm³/mol. The molecule has 4 heteroatoms. The van der Waals surface area contributed by atoms with Gasteiger partial charge in [0.1, 0.15) is 0 Å². The summed E-state index contributed by atoms with van der Waals surface area (Å²) in [6.45, 7) is 7.82. The van der Waals surface area contributed by atoms with Crippen LogP contribution in [0.15, 0.2) is 0 Å². The molecule has 3 rings (SSSR count). The van der Waals surface area contributed by atoms with E-state index in [1.165, 1.54) is 41.6 Å². The van der Waals surface area contributed by atoms with Crippen LogP contribution >= 0.6 is 11.3 Å². The molecule has 2 atom stereocenters. The number of thiazole rings is 1. The summed E-state index contributed by atoms with van der Waals surface area (Å²) in [5.74, 6) is 0.846. The van der Waals surface area contributed by atoms with Crippen molar-refractivity contribution < 1.29 is 0 Å². The lowest BCUT2D eigenvalue weighted by Crippen LogP contribution is -2.40. The summed E-state index contributed by atoms with van der Waals surface area (Å²) < 4.78 is 0. The number of hydrogen-bond donors (Lipinski definition) is 1. The second-order valence-electron chi connectivity index (χ2n) is 5.01. The van der Waals surface area contributed by atoms with Crippen LogP contribution in [0.4, 0.5) is 5.13 Å². The average Bonchev–Trinajstić information content (AvgIpc) is 2.83. The predicted octanol–water partition coefficient (Wildman–Crippen LogP) is 1.95. The molecule has 1 aromatic rings. The fraction of sp³-hybridized carbons (Fsp3) is 0.750. The van der Waals surface area contributed by atoms with E-state index >= 15 is 0 Å². The first-order valence-electron chi connectivity index (χ1n) is 6.16. The van der Waals surface area contributed by atoms with E-state index in [1.807, 2.05) is 11.3 Å². The molecule has 0 saturated carbocycles. The van der Waals surface area contributed by atoms with Crippen molar-refractivity contribution in [1.29, 1.82) is 0 Å². The van der Waals surface area contributed by atoms with Crippen LogP contribution in [0.3, 0.4) is 0 Å². The molecule has 0 bridgehead atoms. The Balaban J connectivity index is 1.77. The number of fused-ring (bicyclic) bond motifs is 1. The Hall–Kier alpha value is -0.610. The fourth-order valence-corrected chi connectivity index (χ4v) is 3.72. The topological polar surface area (TPSA) is 28.2 Å². The van der Waals surface area contributed by atoms with Gasteiger partial charge in [-0.25, -0.2) is 4.98 Å². The fourth-order valence-electron chi connectivity index (χ4n) is 2.79. The molecular weight excluding hydrogens is 218 g/mol. The standard InChI is InChI=1S/C12H19N3S/c1-8-9(2)16-12(14-8)15-6-10-4-3-5-13-11(10)7-15/h10-11,13H,3-7H2,1-2H3. The van der Waals surface area contributed by atoms with E-state index in [1.54, 1.807) is 0 Å². The second-order valence-corrected chi connectivity index (χ2v) is 6.19. The SMILES string of the molecule is Cc1nc(N2CC3CCCNC3C2)sc1C. The monoisotopic (exact) mass is 237 g/mol. The highest BCUT2D eigenvalue weighted by Crippen LogP contribution is 2.32. The zero-order valence-electron chi connectivity index (χ0n) is 9.99. The molecule has 3 heterocycles. The van der Waals surface area contributed by atoms with Crippen LogP contribution in [0.25, 0.3) is 0 Å². The van der Waals surface area contributed by atoms with Crippen LogP contribution in [-0.4, -0.2) is 30.7 Å². The highest BCUT2D eigenvalue weighted by atomic mass is 32.1. The van der Waals surface area contributed by atoms with Crippen molar-refractivity contribution in [3.8, 4) is 0 Å². The average molecular weight is 237 g/mol. The van der Waals surface area contributed by atoms with Gasteiger partial charge in [-0.15, -0.1) is 11.3 Å². The van der Waals surface area contributed by atoms with Gasteiger partial charge in [0, 0.05) is 24.0 Å². The molecule has 0 amide bonds. The molecule has 2 aliphatic heterocycles. The van der Waals surface area contributed by atoms with E-state index in [0.29, 0.717) is 6.04 Å². The van der Waals surface area contributed by atoms with Crippen LogP contribution in [0, 0.1) is 19.8 Å². The summed E-state index contributed by atoms with van der Waals surface area (Å²) in [6.07, 6.45) is 2.72. The highest BCUT2D eigenvalue weighted by molar-refractivity contribution is 7.15. The minimum atomic E-state index is 0.707. The van der Waals surface area contributed by atoms with E-state index in [9.17, 15) is 0 Å². The van der Waals surface area contributed by atoms with Crippen LogP contribution in [0.1, 0.15) is 23.4 Å². The maximum Gasteiger partial charge on any atom is 0.185 e. The molecule has 2 saturated heterocycles. The Morgan fingerprint density at radius 2 is 2.25 bits per heavy atom. The number of nitrogens with one attached hydrogen (secondary N) is 1. The quantitative estimate of drug-likeness (QED) is 0.809. The Morgan fingerprint density at radius 3 is 2.94 bits per heavy atom. The maximum absolute atomic E-state index is 4.67. The summed E-state index contributed by atoms with van der Waals surface area (Å²) >= 11 is 1.84. The normalized spacial score (nSPS) is 29.5. The zero-order chi connectivity index (χ0) is 11.1. The summed E-state index contributed by atoms with van der Waals surface area (Å²) in [5.41, 5.74) is 1.20. The van der Waals surface area contributed by atoms with Crippen molar-refractivity contribution in [1.82, 2.24) is 10.3 Å². The number of nitrogens with zero attached hydrogens (tertiary/aromatic N) is 2. The van der Waals surface area contributed by atoms with Crippen molar-refractivity contribution in [3.63, 3.8) is 0 Å². The van der Waals surface area contributed by atoms with E-state index in [0.717, 1.165) is 12.5 Å². The van der Waals surface area contributed by atoms with Gasteiger partial charge < -0.3 is 10.2 Å². The third-order valence-corrected chi connectivity index (χ3v) is 5.02. The third kappa shape index (κ3) is 1.74. The van der Waals surface area contributed by atoms with E-state index < -0.39 is 0 Å². The molecule has 3 nitrogen and oxygen atoms in total. The molecule has 2 fully saturated rings. The molecule has 2 aliphatic rings. The molecule has 88 valence electrons. The Morgan fingerprint density at radius 1 is 1.38 bits per heavy atom. The number of piperidine rings is 1. The van der Waals surface area contributed by atoms with Crippen molar-refractivity contribution in [3.05, 3.63) is 10.6 Å². The van der Waals surface area contributed by atoms with Crippen LogP contribution in [0.5, 0.6) is 0 Å². The van der Waals surface area contributed by atoms with Gasteiger partial charge in [0.05, 0.1) is 5.69 Å². The summed E-state index contributed by atoms with van der Waals surface area (Å²) in [4.78, 5) is 8.50. The summed E-state index contributed by atoms with van der Waals surface area (Å²) in [5, 5.41) is 4.87. The molecule has 0 aromatic carbocycles. The summed E-state index contributed by atoms with van der Waals surface area (Å²) in [6, 6.07) is 0.707. The Bertz CT molecular complexity index is 354. The van der Waals surface area contributed by atoms with Crippen molar-refractivity contribution in [2.75, 3.05) is 24.5 Å². The number of anilines is 1. The van der Waals surface area contributed by atoms with E-state index in [2.05, 4.69) is 29.0 Å². The third-order valence-electron chi connectivity index (χ3n) is 3.89. The molecule has 2 unspecified atom stereocenters. The van der Waals surface area contributed by atoms with E-state index in [4.69, 9.17) is 0 Å². The van der Waals surface area contributed by atoms with Crippen molar-refractivity contribution >= 4 is 16.5 Å². The number of hydrogen-bond acceptors (Lipinski definition) is 4. The maximum atomic E-state index is 4.67. The second kappa shape index (κ2) is 4.00. The van der Waals surface area contributed by atoms with Gasteiger partial charge in [0.15, 0.2) is 5.13 Å². The lowest BCUT2D eigenvalue weighted by atomic mass is 9.94. The lowest BCUT2D eigenvalue weighted by Gasteiger charge is -2.24. The van der Waals surface area contributed by atoms with Gasteiger partial charge >= 0.3 is 0 Å². The molecule has 0 spiro atoms. The molecular formula is C12H19N3S. The lowest BCUT2D eigenvalue weighted by molar-refractivity contribution is 0.340. The Labute approximate surface area is 101 Å². The Kier molecular flexibility index (Phi) is 2.64. The highest BCUT2D eigenvalue weighted by Gasteiger charge is 2.35. The minimum Gasteiger partial charge on any atom is -0.346 e. The van der Waals surface area contributed by atoms with Gasteiger partial charge in [0.2, 0.25) is 0 Å².